The number of benzene rings is 2. The monoisotopic (exact) mass is 423 g/mol. The molecule has 0 aliphatic carbocycles. The van der Waals surface area contributed by atoms with Crippen LogP contribution in [0.1, 0.15) is 23.6 Å². The highest BCUT2D eigenvalue weighted by molar-refractivity contribution is 6.30. The summed E-state index contributed by atoms with van der Waals surface area (Å²) in [5.41, 5.74) is 2.63. The first-order chi connectivity index (χ1) is 14.5. The molecular formula is C23H22ClN3O3. The molecule has 7 heteroatoms. The number of rotatable bonds is 7. The van der Waals surface area contributed by atoms with Gasteiger partial charge in [-0.05, 0) is 56.2 Å². The molecular weight excluding hydrogens is 402 g/mol. The fourth-order valence-corrected chi connectivity index (χ4v) is 3.36. The van der Waals surface area contributed by atoms with E-state index in [1.807, 2.05) is 48.9 Å². The van der Waals surface area contributed by atoms with E-state index in [1.54, 1.807) is 24.4 Å². The van der Waals surface area contributed by atoms with E-state index < -0.39 is 0 Å². The van der Waals surface area contributed by atoms with Crippen molar-refractivity contribution in [2.75, 3.05) is 6.61 Å². The van der Waals surface area contributed by atoms with Crippen molar-refractivity contribution in [2.45, 2.75) is 26.7 Å². The molecule has 0 atom stereocenters. The summed E-state index contributed by atoms with van der Waals surface area (Å²) in [5.74, 6) is 2.58. The predicted molar refractivity (Wildman–Crippen MR) is 115 cm³/mol. The summed E-state index contributed by atoms with van der Waals surface area (Å²) in [7, 11) is 0. The average Bonchev–Trinajstić information content (AvgIpc) is 3.33. The van der Waals surface area contributed by atoms with Crippen LogP contribution in [0.2, 0.25) is 5.02 Å². The first-order valence-corrected chi connectivity index (χ1v) is 10.1. The van der Waals surface area contributed by atoms with Crippen molar-refractivity contribution in [1.29, 1.82) is 0 Å². The van der Waals surface area contributed by atoms with E-state index in [-0.39, 0.29) is 5.75 Å². The van der Waals surface area contributed by atoms with Gasteiger partial charge in [-0.25, -0.2) is 4.98 Å². The number of hydrogen-bond acceptors (Lipinski definition) is 5. The minimum atomic E-state index is 0.233. The molecule has 2 aromatic heterocycles. The van der Waals surface area contributed by atoms with Crippen LogP contribution in [-0.4, -0.2) is 26.2 Å². The highest BCUT2D eigenvalue weighted by Crippen LogP contribution is 2.29. The molecule has 1 N–H and O–H groups in total. The van der Waals surface area contributed by atoms with E-state index in [4.69, 9.17) is 25.7 Å². The normalized spacial score (nSPS) is 11.0. The summed E-state index contributed by atoms with van der Waals surface area (Å²) in [4.78, 5) is 8.97. The van der Waals surface area contributed by atoms with Crippen LogP contribution in [0.5, 0.6) is 11.5 Å². The Hall–Kier alpha value is -3.25. The van der Waals surface area contributed by atoms with Gasteiger partial charge in [-0.15, -0.1) is 0 Å². The Morgan fingerprint density at radius 2 is 1.93 bits per heavy atom. The van der Waals surface area contributed by atoms with Gasteiger partial charge in [-0.3, -0.25) is 4.57 Å². The Balaban J connectivity index is 1.53. The molecule has 0 fully saturated rings. The van der Waals surface area contributed by atoms with Gasteiger partial charge >= 0.3 is 6.01 Å². The van der Waals surface area contributed by atoms with Gasteiger partial charge in [0.1, 0.15) is 28.8 Å². The topological polar surface area (TPSA) is 73.3 Å². The molecule has 0 radical (unpaired) electrons. The molecule has 0 amide bonds. The fraction of sp³-hybridized carbons (Fsp3) is 0.217. The number of phenolic OH excluding ortho intramolecular Hbond substituents is 1. The van der Waals surface area contributed by atoms with Gasteiger partial charge in [0, 0.05) is 29.4 Å². The maximum absolute atomic E-state index is 9.52. The Morgan fingerprint density at radius 1 is 1.13 bits per heavy atom. The number of oxazole rings is 1. The number of aryl methyl sites for hydroxylation is 3. The zero-order chi connectivity index (χ0) is 21.1. The summed E-state index contributed by atoms with van der Waals surface area (Å²) >= 11 is 6.04. The van der Waals surface area contributed by atoms with Gasteiger partial charge in [0.25, 0.3) is 0 Å². The number of imidazole rings is 1. The highest BCUT2D eigenvalue weighted by atomic mass is 35.5. The van der Waals surface area contributed by atoms with Crippen LogP contribution in [0.25, 0.3) is 17.3 Å². The number of phenols is 1. The van der Waals surface area contributed by atoms with E-state index >= 15 is 0 Å². The van der Waals surface area contributed by atoms with E-state index in [9.17, 15) is 5.11 Å². The molecule has 4 aromatic rings. The van der Waals surface area contributed by atoms with Crippen molar-refractivity contribution in [1.82, 2.24) is 14.5 Å². The summed E-state index contributed by atoms with van der Waals surface area (Å²) in [6.07, 6.45) is 4.95. The first kappa shape index (κ1) is 20.0. The van der Waals surface area contributed by atoms with Crippen molar-refractivity contribution in [2.24, 2.45) is 0 Å². The number of aromatic nitrogens is 3. The Bertz CT molecular complexity index is 1150. The quantitative estimate of drug-likeness (QED) is 0.396. The predicted octanol–water partition coefficient (Wildman–Crippen LogP) is 5.51. The van der Waals surface area contributed by atoms with Crippen molar-refractivity contribution in [3.05, 3.63) is 77.0 Å². The molecule has 0 bridgehead atoms. The Morgan fingerprint density at radius 3 is 2.63 bits per heavy atom. The van der Waals surface area contributed by atoms with Crippen LogP contribution < -0.4 is 4.74 Å². The lowest BCUT2D eigenvalue weighted by atomic mass is 10.1. The van der Waals surface area contributed by atoms with Crippen LogP contribution in [0, 0.1) is 13.8 Å². The Labute approximate surface area is 179 Å². The van der Waals surface area contributed by atoms with E-state index in [1.165, 1.54) is 0 Å². The molecule has 0 unspecified atom stereocenters. The second-order valence-electron chi connectivity index (χ2n) is 7.02. The number of hydrogen-bond donors (Lipinski definition) is 1. The van der Waals surface area contributed by atoms with Crippen molar-refractivity contribution < 1.29 is 14.3 Å². The maximum Gasteiger partial charge on any atom is 0.307 e. The van der Waals surface area contributed by atoms with Crippen LogP contribution in [0.3, 0.4) is 0 Å². The molecule has 2 heterocycles. The summed E-state index contributed by atoms with van der Waals surface area (Å²) < 4.78 is 13.8. The standard InChI is InChI=1S/C23H22ClN3O3/c1-15-14-19(28)9-10-20(15)29-13-3-4-21-22(17-5-7-18(24)8-6-17)26-23(30-21)27-12-11-25-16(27)2/h5-12,14,28H,3-4,13H2,1-2H3. The molecule has 6 nitrogen and oxygen atoms in total. The molecule has 30 heavy (non-hydrogen) atoms. The van der Waals surface area contributed by atoms with Crippen molar-refractivity contribution in [3.8, 4) is 28.8 Å². The number of ether oxygens (including phenoxy) is 1. The van der Waals surface area contributed by atoms with Gasteiger partial charge in [0.2, 0.25) is 0 Å². The molecule has 2 aromatic carbocycles. The average molecular weight is 424 g/mol. The van der Waals surface area contributed by atoms with Crippen LogP contribution in [0.15, 0.2) is 59.3 Å². The van der Waals surface area contributed by atoms with Gasteiger partial charge in [-0.2, -0.15) is 4.98 Å². The van der Waals surface area contributed by atoms with Crippen LogP contribution in [-0.2, 0) is 6.42 Å². The lowest BCUT2D eigenvalue weighted by molar-refractivity contribution is 0.303. The molecule has 0 spiro atoms. The smallest absolute Gasteiger partial charge is 0.307 e. The van der Waals surface area contributed by atoms with Crippen molar-refractivity contribution >= 4 is 11.6 Å². The van der Waals surface area contributed by atoms with Gasteiger partial charge in [-0.1, -0.05) is 23.7 Å². The molecule has 0 saturated heterocycles. The molecule has 0 aliphatic rings. The third-order valence-electron chi connectivity index (χ3n) is 4.80. The Kier molecular flexibility index (Phi) is 5.77. The van der Waals surface area contributed by atoms with E-state index in [0.717, 1.165) is 40.6 Å². The SMILES string of the molecule is Cc1cc(O)ccc1OCCCc1oc(-n2ccnc2C)nc1-c1ccc(Cl)cc1. The number of nitrogens with zero attached hydrogens (tertiary/aromatic N) is 3. The third-order valence-corrected chi connectivity index (χ3v) is 5.05. The van der Waals surface area contributed by atoms with Crippen LogP contribution in [0.4, 0.5) is 0 Å². The van der Waals surface area contributed by atoms with E-state index in [2.05, 4.69) is 4.98 Å². The third kappa shape index (κ3) is 4.33. The van der Waals surface area contributed by atoms with Crippen LogP contribution >= 0.6 is 11.6 Å². The zero-order valence-corrected chi connectivity index (χ0v) is 17.6. The second kappa shape index (κ2) is 8.63. The van der Waals surface area contributed by atoms with Gasteiger partial charge in [0.15, 0.2) is 0 Å². The lowest BCUT2D eigenvalue weighted by Crippen LogP contribution is -2.01. The lowest BCUT2D eigenvalue weighted by Gasteiger charge is -2.09. The summed E-state index contributed by atoms with van der Waals surface area (Å²) in [6, 6.07) is 13.1. The number of aromatic hydroxyl groups is 1. The minimum absolute atomic E-state index is 0.233. The molecule has 0 aliphatic heterocycles. The highest BCUT2D eigenvalue weighted by Gasteiger charge is 2.17. The van der Waals surface area contributed by atoms with Gasteiger partial charge < -0.3 is 14.3 Å². The zero-order valence-electron chi connectivity index (χ0n) is 16.8. The summed E-state index contributed by atoms with van der Waals surface area (Å²) in [5, 5.41) is 10.2. The molecule has 154 valence electrons. The van der Waals surface area contributed by atoms with E-state index in [0.29, 0.717) is 24.1 Å². The summed E-state index contributed by atoms with van der Waals surface area (Å²) in [6.45, 7) is 4.33. The molecule has 0 saturated carbocycles. The molecule has 4 rings (SSSR count). The number of halogens is 1. The maximum atomic E-state index is 9.52. The second-order valence-corrected chi connectivity index (χ2v) is 7.46. The first-order valence-electron chi connectivity index (χ1n) is 9.69. The van der Waals surface area contributed by atoms with Crippen molar-refractivity contribution in [3.63, 3.8) is 0 Å². The minimum Gasteiger partial charge on any atom is -0.508 e. The largest absolute Gasteiger partial charge is 0.508 e. The van der Waals surface area contributed by atoms with Gasteiger partial charge in [0.05, 0.1) is 6.61 Å². The fourth-order valence-electron chi connectivity index (χ4n) is 3.24.